The first kappa shape index (κ1) is 23.6. The number of urea groups is 1. The van der Waals surface area contributed by atoms with Crippen LogP contribution in [-0.2, 0) is 11.0 Å². The van der Waals surface area contributed by atoms with E-state index in [0.717, 1.165) is 30.0 Å². The van der Waals surface area contributed by atoms with Gasteiger partial charge in [0.2, 0.25) is 5.91 Å². The molecule has 0 spiro atoms. The third-order valence-electron chi connectivity index (χ3n) is 5.28. The van der Waals surface area contributed by atoms with Crippen LogP contribution in [0.1, 0.15) is 29.8 Å². The highest BCUT2D eigenvalue weighted by Gasteiger charge is 2.53. The van der Waals surface area contributed by atoms with E-state index >= 15 is 4.39 Å². The van der Waals surface area contributed by atoms with Gasteiger partial charge < -0.3 is 16.0 Å². The number of halogens is 7. The number of nitrogens with two attached hydrogens (primary N) is 1. The van der Waals surface area contributed by atoms with E-state index in [1.165, 1.54) is 0 Å². The van der Waals surface area contributed by atoms with Crippen LogP contribution >= 0.6 is 11.6 Å². The highest BCUT2D eigenvalue weighted by Crippen LogP contribution is 2.43. The van der Waals surface area contributed by atoms with Crippen molar-refractivity contribution >= 4 is 23.5 Å². The van der Waals surface area contributed by atoms with E-state index in [-0.39, 0.29) is 13.1 Å². The van der Waals surface area contributed by atoms with Gasteiger partial charge in [-0.2, -0.15) is 13.2 Å². The third kappa shape index (κ3) is 3.83. The molecule has 1 fully saturated rings. The molecule has 1 saturated heterocycles. The largest absolute Gasteiger partial charge is 0.436 e. The number of aromatic nitrogens is 1. The van der Waals surface area contributed by atoms with E-state index in [4.69, 9.17) is 17.3 Å². The lowest BCUT2D eigenvalue weighted by Gasteiger charge is -2.47. The normalized spacial score (nSPS) is 20.1. The molecule has 13 heteroatoms. The monoisotopic (exact) mass is 480 g/mol. The summed E-state index contributed by atoms with van der Waals surface area (Å²) in [5.41, 5.74) is 0.172. The topological polar surface area (TPSA) is 88.3 Å². The molecule has 1 aliphatic heterocycles. The molecular weight excluding hydrogens is 466 g/mol. The number of nitrogens with one attached hydrogen (secondary N) is 1. The second kappa shape index (κ2) is 8.15. The first-order valence-corrected chi connectivity index (χ1v) is 9.40. The predicted molar refractivity (Wildman–Crippen MR) is 100 cm³/mol. The van der Waals surface area contributed by atoms with E-state index in [9.17, 15) is 31.5 Å². The van der Waals surface area contributed by atoms with Gasteiger partial charge in [-0.1, -0.05) is 17.7 Å². The molecule has 172 valence electrons. The van der Waals surface area contributed by atoms with Crippen molar-refractivity contribution in [2.24, 2.45) is 5.73 Å². The summed E-state index contributed by atoms with van der Waals surface area (Å²) in [4.78, 5) is 29.1. The maximum Gasteiger partial charge on any atom is 0.436 e. The molecule has 2 atom stereocenters. The number of hydrogen-bond acceptors (Lipinski definition) is 3. The zero-order valence-corrected chi connectivity index (χ0v) is 17.0. The summed E-state index contributed by atoms with van der Waals surface area (Å²) >= 11 is 5.65. The van der Waals surface area contributed by atoms with Crippen LogP contribution in [0.15, 0.2) is 24.3 Å². The Hall–Kier alpha value is -3.02. The maximum atomic E-state index is 15.0. The molecule has 6 nitrogen and oxygen atoms in total. The Morgan fingerprint density at radius 1 is 1.22 bits per heavy atom. The SMILES string of the molecule is CC1([C@@H](c2ccc(F)c(C(F)(F)F)n2)c2ccc(F)c(Cl)c2F)C(=O)NCCN1C(N)=O. The van der Waals surface area contributed by atoms with Crippen LogP contribution in [0.5, 0.6) is 0 Å². The molecule has 3 rings (SSSR count). The minimum Gasteiger partial charge on any atom is -0.352 e. The number of nitrogens with zero attached hydrogens (tertiary/aromatic N) is 2. The lowest BCUT2D eigenvalue weighted by Crippen LogP contribution is -2.68. The first-order valence-electron chi connectivity index (χ1n) is 9.02. The number of piperazine rings is 1. The van der Waals surface area contributed by atoms with E-state index in [1.807, 2.05) is 0 Å². The molecule has 2 heterocycles. The molecule has 3 N–H and O–H groups in total. The average Bonchev–Trinajstić information content (AvgIpc) is 2.70. The van der Waals surface area contributed by atoms with Crippen molar-refractivity contribution in [2.75, 3.05) is 13.1 Å². The van der Waals surface area contributed by atoms with E-state index in [0.29, 0.717) is 6.07 Å². The Balaban J connectivity index is 2.37. The number of pyridine rings is 1. The van der Waals surface area contributed by atoms with E-state index in [2.05, 4.69) is 10.3 Å². The quantitative estimate of drug-likeness (QED) is 0.520. The average molecular weight is 481 g/mol. The van der Waals surface area contributed by atoms with Gasteiger partial charge in [0.1, 0.15) is 22.2 Å². The number of rotatable bonds is 3. The standard InChI is InChI=1S/C19H15ClF6N4O2/c1-18(16(31)28-6-7-30(18)17(27)32)12(8-2-3-9(21)13(20)14(8)23)11-5-4-10(22)15(29-11)19(24,25)26/h2-5,12H,6-7H2,1H3,(H2,27,32)(H,28,31)/t12-,18?/m1/s1. The second-order valence-electron chi connectivity index (χ2n) is 7.16. The summed E-state index contributed by atoms with van der Waals surface area (Å²) in [5.74, 6) is -6.93. The Kier molecular flexibility index (Phi) is 6.02. The summed E-state index contributed by atoms with van der Waals surface area (Å²) in [6.07, 6.45) is -5.22. The lowest BCUT2D eigenvalue weighted by molar-refractivity contribution is -0.143. The van der Waals surface area contributed by atoms with Gasteiger partial charge >= 0.3 is 12.2 Å². The van der Waals surface area contributed by atoms with Gasteiger partial charge in [0, 0.05) is 18.7 Å². The van der Waals surface area contributed by atoms with Crippen molar-refractivity contribution in [2.45, 2.75) is 24.6 Å². The Bertz CT molecular complexity index is 1100. The van der Waals surface area contributed by atoms with Crippen molar-refractivity contribution in [3.63, 3.8) is 0 Å². The van der Waals surface area contributed by atoms with Gasteiger partial charge in [-0.3, -0.25) is 4.79 Å². The van der Waals surface area contributed by atoms with Crippen LogP contribution in [0.3, 0.4) is 0 Å². The second-order valence-corrected chi connectivity index (χ2v) is 7.53. The van der Waals surface area contributed by atoms with Crippen molar-refractivity contribution in [1.82, 2.24) is 15.2 Å². The van der Waals surface area contributed by atoms with Crippen LogP contribution in [0, 0.1) is 17.5 Å². The fourth-order valence-corrected chi connectivity index (χ4v) is 3.94. The molecule has 2 aromatic rings. The molecule has 1 aromatic heterocycles. The number of carbonyl (C=O) groups is 2. The van der Waals surface area contributed by atoms with Gasteiger partial charge in [-0.15, -0.1) is 0 Å². The summed E-state index contributed by atoms with van der Waals surface area (Å²) < 4.78 is 82.6. The summed E-state index contributed by atoms with van der Waals surface area (Å²) in [7, 11) is 0. The summed E-state index contributed by atoms with van der Waals surface area (Å²) in [5, 5.41) is 1.45. The lowest BCUT2D eigenvalue weighted by atomic mass is 9.75. The van der Waals surface area contributed by atoms with Crippen molar-refractivity contribution in [1.29, 1.82) is 0 Å². The Morgan fingerprint density at radius 3 is 2.44 bits per heavy atom. The van der Waals surface area contributed by atoms with Crippen molar-refractivity contribution in [3.8, 4) is 0 Å². The number of hydrogen-bond donors (Lipinski definition) is 2. The molecular formula is C19H15ClF6N4O2. The zero-order valence-electron chi connectivity index (χ0n) is 16.2. The highest BCUT2D eigenvalue weighted by atomic mass is 35.5. The first-order chi connectivity index (χ1) is 14.8. The number of carbonyl (C=O) groups excluding carboxylic acids is 2. The van der Waals surface area contributed by atoms with Gasteiger partial charge in [0.15, 0.2) is 11.5 Å². The molecule has 1 unspecified atom stereocenters. The molecule has 0 aliphatic carbocycles. The van der Waals surface area contributed by atoms with Crippen LogP contribution in [-0.4, -0.2) is 40.5 Å². The molecule has 0 saturated carbocycles. The number of benzene rings is 1. The van der Waals surface area contributed by atoms with E-state index in [1.54, 1.807) is 0 Å². The van der Waals surface area contributed by atoms with Gasteiger partial charge in [-0.05, 0) is 25.1 Å². The fourth-order valence-electron chi connectivity index (χ4n) is 3.77. The van der Waals surface area contributed by atoms with Crippen LogP contribution < -0.4 is 11.1 Å². The van der Waals surface area contributed by atoms with Crippen LogP contribution in [0.2, 0.25) is 5.02 Å². The molecule has 0 bridgehead atoms. The third-order valence-corrected chi connectivity index (χ3v) is 5.62. The molecule has 0 radical (unpaired) electrons. The molecule has 1 aromatic carbocycles. The Morgan fingerprint density at radius 2 is 1.84 bits per heavy atom. The number of alkyl halides is 3. The van der Waals surface area contributed by atoms with Crippen LogP contribution in [0.25, 0.3) is 0 Å². The van der Waals surface area contributed by atoms with Gasteiger partial charge in [-0.25, -0.2) is 22.9 Å². The summed E-state index contributed by atoms with van der Waals surface area (Å²) in [6.45, 7) is 0.922. The molecule has 32 heavy (non-hydrogen) atoms. The minimum atomic E-state index is -5.22. The van der Waals surface area contributed by atoms with Crippen LogP contribution in [0.4, 0.5) is 31.1 Å². The van der Waals surface area contributed by atoms with Gasteiger partial charge in [0.05, 0.1) is 11.6 Å². The minimum absolute atomic E-state index is 0.0403. The number of primary amides is 1. The summed E-state index contributed by atoms with van der Waals surface area (Å²) in [6, 6.07) is 1.71. The highest BCUT2D eigenvalue weighted by molar-refractivity contribution is 6.31. The zero-order chi connectivity index (χ0) is 24.0. The smallest absolute Gasteiger partial charge is 0.352 e. The molecule has 1 aliphatic rings. The van der Waals surface area contributed by atoms with Crippen molar-refractivity contribution < 1.29 is 35.9 Å². The predicted octanol–water partition coefficient (Wildman–Crippen LogP) is 3.57. The maximum absolute atomic E-state index is 15.0. The Labute approximate surface area is 182 Å². The van der Waals surface area contributed by atoms with Gasteiger partial charge in [0.25, 0.3) is 0 Å². The van der Waals surface area contributed by atoms with Crippen molar-refractivity contribution in [3.05, 3.63) is 63.7 Å². The van der Waals surface area contributed by atoms with E-state index < -0.39 is 69.0 Å². The molecule has 3 amide bonds. The number of amides is 3. The fraction of sp³-hybridized carbons (Fsp3) is 0.316.